The van der Waals surface area contributed by atoms with Crippen LogP contribution in [0.15, 0.2) is 30.3 Å². The SMILES string of the molecule is CC(C)(C)c1cccc2[c]cc[c]c12. The second kappa shape index (κ2) is 3.13. The molecule has 0 saturated carbocycles. The fraction of sp³-hybridized carbons (Fsp3) is 0.286. The molecule has 0 amide bonds. The first-order valence-corrected chi connectivity index (χ1v) is 4.90. The van der Waals surface area contributed by atoms with Gasteiger partial charge in [-0.2, -0.15) is 0 Å². The van der Waals surface area contributed by atoms with Crippen molar-refractivity contribution >= 4 is 10.8 Å². The summed E-state index contributed by atoms with van der Waals surface area (Å²) in [4.78, 5) is 0. The summed E-state index contributed by atoms with van der Waals surface area (Å²) in [6.07, 6.45) is 0. The molecule has 0 N–H and O–H groups in total. The van der Waals surface area contributed by atoms with E-state index in [2.05, 4.69) is 51.1 Å². The minimum Gasteiger partial charge on any atom is -0.0613 e. The van der Waals surface area contributed by atoms with Crippen molar-refractivity contribution in [2.24, 2.45) is 0 Å². The van der Waals surface area contributed by atoms with E-state index in [-0.39, 0.29) is 5.41 Å². The summed E-state index contributed by atoms with van der Waals surface area (Å²) in [7, 11) is 0. The summed E-state index contributed by atoms with van der Waals surface area (Å²) in [6.45, 7) is 6.67. The third kappa shape index (κ3) is 1.52. The average molecular weight is 182 g/mol. The van der Waals surface area contributed by atoms with Crippen LogP contribution in [0, 0.1) is 12.1 Å². The van der Waals surface area contributed by atoms with Gasteiger partial charge in [-0.25, -0.2) is 0 Å². The van der Waals surface area contributed by atoms with Gasteiger partial charge >= 0.3 is 0 Å². The fourth-order valence-corrected chi connectivity index (χ4v) is 1.71. The zero-order valence-corrected chi connectivity index (χ0v) is 8.89. The summed E-state index contributed by atoms with van der Waals surface area (Å²) < 4.78 is 0. The first kappa shape index (κ1) is 9.26. The topological polar surface area (TPSA) is 0 Å². The lowest BCUT2D eigenvalue weighted by Crippen LogP contribution is -2.11. The van der Waals surface area contributed by atoms with Gasteiger partial charge in [0, 0.05) is 0 Å². The first-order valence-electron chi connectivity index (χ1n) is 4.90. The summed E-state index contributed by atoms with van der Waals surface area (Å²) in [6, 6.07) is 16.7. The number of benzene rings is 2. The Morgan fingerprint density at radius 2 is 1.71 bits per heavy atom. The maximum Gasteiger partial charge on any atom is -0.00615 e. The van der Waals surface area contributed by atoms with Gasteiger partial charge in [0.15, 0.2) is 0 Å². The van der Waals surface area contributed by atoms with Gasteiger partial charge in [-0.3, -0.25) is 0 Å². The Hall–Kier alpha value is -1.30. The number of fused-ring (bicyclic) bond motifs is 1. The molecule has 2 rings (SSSR count). The smallest absolute Gasteiger partial charge is 0.00615 e. The monoisotopic (exact) mass is 182 g/mol. The van der Waals surface area contributed by atoms with Crippen LogP contribution in [-0.2, 0) is 5.41 Å². The molecule has 0 atom stereocenters. The zero-order valence-electron chi connectivity index (χ0n) is 8.89. The minimum atomic E-state index is 0.172. The highest BCUT2D eigenvalue weighted by Crippen LogP contribution is 2.28. The average Bonchev–Trinajstić information content (AvgIpc) is 2.15. The molecule has 14 heavy (non-hydrogen) atoms. The molecule has 0 heterocycles. The Labute approximate surface area is 85.6 Å². The Bertz CT molecular complexity index is 442. The van der Waals surface area contributed by atoms with E-state index in [0.29, 0.717) is 0 Å². The zero-order chi connectivity index (χ0) is 10.2. The van der Waals surface area contributed by atoms with Crippen LogP contribution in [0.2, 0.25) is 0 Å². The molecule has 0 saturated heterocycles. The van der Waals surface area contributed by atoms with Crippen LogP contribution < -0.4 is 0 Å². The Balaban J connectivity index is 2.78. The molecule has 0 aliphatic carbocycles. The highest BCUT2D eigenvalue weighted by molar-refractivity contribution is 5.85. The number of rotatable bonds is 0. The summed E-state index contributed by atoms with van der Waals surface area (Å²) in [5.74, 6) is 0. The van der Waals surface area contributed by atoms with E-state index in [1.54, 1.807) is 0 Å². The van der Waals surface area contributed by atoms with E-state index in [1.165, 1.54) is 10.9 Å². The van der Waals surface area contributed by atoms with Crippen molar-refractivity contribution in [3.8, 4) is 0 Å². The highest BCUT2D eigenvalue weighted by Gasteiger charge is 2.15. The normalized spacial score (nSPS) is 11.9. The van der Waals surface area contributed by atoms with Crippen LogP contribution >= 0.6 is 0 Å². The van der Waals surface area contributed by atoms with Crippen molar-refractivity contribution in [1.29, 1.82) is 0 Å². The molecule has 0 fully saturated rings. The van der Waals surface area contributed by atoms with Crippen molar-refractivity contribution in [1.82, 2.24) is 0 Å². The van der Waals surface area contributed by atoms with Crippen LogP contribution in [0.3, 0.4) is 0 Å². The Morgan fingerprint density at radius 3 is 2.43 bits per heavy atom. The first-order chi connectivity index (χ1) is 6.59. The third-order valence-electron chi connectivity index (χ3n) is 2.42. The summed E-state index contributed by atoms with van der Waals surface area (Å²) in [5, 5.41) is 2.35. The lowest BCUT2D eigenvalue weighted by Gasteiger charge is -2.20. The summed E-state index contributed by atoms with van der Waals surface area (Å²) >= 11 is 0. The van der Waals surface area contributed by atoms with Crippen LogP contribution in [-0.4, -0.2) is 0 Å². The van der Waals surface area contributed by atoms with Gasteiger partial charge < -0.3 is 0 Å². The molecule has 2 radical (unpaired) electrons. The molecule has 0 aliphatic heterocycles. The van der Waals surface area contributed by atoms with Crippen LogP contribution in [0.1, 0.15) is 26.3 Å². The van der Waals surface area contributed by atoms with Crippen molar-refractivity contribution < 1.29 is 0 Å². The van der Waals surface area contributed by atoms with Crippen molar-refractivity contribution in [3.05, 3.63) is 48.0 Å². The van der Waals surface area contributed by atoms with Crippen molar-refractivity contribution in [2.75, 3.05) is 0 Å². The predicted octanol–water partition coefficient (Wildman–Crippen LogP) is 3.74. The third-order valence-corrected chi connectivity index (χ3v) is 2.42. The second-order valence-corrected chi connectivity index (χ2v) is 4.60. The van der Waals surface area contributed by atoms with Gasteiger partial charge in [0.2, 0.25) is 0 Å². The predicted molar refractivity (Wildman–Crippen MR) is 60.3 cm³/mol. The molecule has 0 unspecified atom stereocenters. The van der Waals surface area contributed by atoms with Crippen molar-refractivity contribution in [3.63, 3.8) is 0 Å². The van der Waals surface area contributed by atoms with Crippen molar-refractivity contribution in [2.45, 2.75) is 26.2 Å². The Kier molecular flexibility index (Phi) is 2.07. The quantitative estimate of drug-likeness (QED) is 0.582. The molecule has 0 aliphatic rings. The van der Waals surface area contributed by atoms with Crippen LogP contribution in [0.4, 0.5) is 0 Å². The molecule has 0 aromatic heterocycles. The van der Waals surface area contributed by atoms with Gasteiger partial charge in [-0.05, 0) is 33.9 Å². The number of hydrogen-bond acceptors (Lipinski definition) is 0. The van der Waals surface area contributed by atoms with E-state index in [0.717, 1.165) is 5.39 Å². The largest absolute Gasteiger partial charge is 0.0613 e. The van der Waals surface area contributed by atoms with Gasteiger partial charge in [0.05, 0.1) is 0 Å². The maximum absolute atomic E-state index is 3.29. The van der Waals surface area contributed by atoms with Crippen LogP contribution in [0.25, 0.3) is 10.8 Å². The van der Waals surface area contributed by atoms with E-state index >= 15 is 0 Å². The van der Waals surface area contributed by atoms with Gasteiger partial charge in [0.25, 0.3) is 0 Å². The second-order valence-electron chi connectivity index (χ2n) is 4.60. The van der Waals surface area contributed by atoms with Gasteiger partial charge in [0.1, 0.15) is 0 Å². The lowest BCUT2D eigenvalue weighted by atomic mass is 9.84. The molecule has 0 heteroatoms. The van der Waals surface area contributed by atoms with E-state index in [9.17, 15) is 0 Å². The standard InChI is InChI=1S/C14H14/c1-14(2,3)13-10-6-8-11-7-4-5-9-12(11)13/h4-6,8,10H,1-3H3. The molecule has 2 aromatic carbocycles. The number of hydrogen-bond donors (Lipinski definition) is 0. The summed E-state index contributed by atoms with van der Waals surface area (Å²) in [5.41, 5.74) is 1.51. The molecule has 0 bridgehead atoms. The molecule has 2 aromatic rings. The maximum atomic E-state index is 3.29. The fourth-order valence-electron chi connectivity index (χ4n) is 1.71. The molecular formula is C14H14. The van der Waals surface area contributed by atoms with E-state index < -0.39 is 0 Å². The lowest BCUT2D eigenvalue weighted by molar-refractivity contribution is 0.596. The van der Waals surface area contributed by atoms with E-state index in [4.69, 9.17) is 0 Å². The molecule has 0 spiro atoms. The molecule has 70 valence electrons. The van der Waals surface area contributed by atoms with E-state index in [1.807, 2.05) is 12.1 Å². The van der Waals surface area contributed by atoms with Gasteiger partial charge in [-0.1, -0.05) is 51.1 Å². The minimum absolute atomic E-state index is 0.172. The van der Waals surface area contributed by atoms with Gasteiger partial charge in [-0.15, -0.1) is 0 Å². The molecule has 0 nitrogen and oxygen atoms in total. The Morgan fingerprint density at radius 1 is 1.00 bits per heavy atom. The highest BCUT2D eigenvalue weighted by atomic mass is 14.2. The molecular weight excluding hydrogens is 168 g/mol. The van der Waals surface area contributed by atoms with Crippen LogP contribution in [0.5, 0.6) is 0 Å².